The van der Waals surface area contributed by atoms with Crippen LogP contribution in [0.3, 0.4) is 0 Å². The normalized spacial score (nSPS) is 20.0. The van der Waals surface area contributed by atoms with Crippen LogP contribution in [0.15, 0.2) is 29.3 Å². The molecule has 0 spiro atoms. The minimum atomic E-state index is -3.47. The molecule has 3 rings (SSSR count). The number of nitrogens with zero attached hydrogens (tertiary/aromatic N) is 1. The number of aromatic amines is 1. The topological polar surface area (TPSA) is 79.2 Å². The summed E-state index contributed by atoms with van der Waals surface area (Å²) in [6.45, 7) is 0. The number of nitrogens with one attached hydrogen (secondary N) is 1. The first-order valence-corrected chi connectivity index (χ1v) is 9.02. The van der Waals surface area contributed by atoms with Crippen LogP contribution < -0.4 is 5.73 Å². The molecular weight excluding hydrogens is 294 g/mol. The molecule has 108 valence electrons. The van der Waals surface area contributed by atoms with Crippen LogP contribution in [0.4, 0.5) is 5.69 Å². The molecule has 0 bridgehead atoms. The lowest BCUT2D eigenvalue weighted by molar-refractivity contribution is 0.395. The highest BCUT2D eigenvalue weighted by Gasteiger charge is 2.31. The van der Waals surface area contributed by atoms with Gasteiger partial charge in [-0.25, -0.2) is 8.42 Å². The second kappa shape index (κ2) is 4.98. The van der Waals surface area contributed by atoms with Crippen molar-refractivity contribution in [2.24, 2.45) is 0 Å². The Bertz CT molecular complexity index is 733. The van der Waals surface area contributed by atoms with Gasteiger partial charge in [-0.2, -0.15) is 16.1 Å². The molecule has 0 saturated carbocycles. The molecule has 2 heterocycles. The molecule has 1 fully saturated rings. The molecule has 1 aliphatic rings. The predicted molar refractivity (Wildman–Crippen MR) is 83.4 cm³/mol. The van der Waals surface area contributed by atoms with Crippen molar-refractivity contribution in [3.63, 3.8) is 0 Å². The molecule has 7 heteroatoms. The highest BCUT2D eigenvalue weighted by atomic mass is 32.2. The summed E-state index contributed by atoms with van der Waals surface area (Å²) in [7, 11) is -1.80. The second-order valence-electron chi connectivity index (χ2n) is 5.00. The number of hydrogen-bond acceptors (Lipinski definition) is 4. The van der Waals surface area contributed by atoms with Gasteiger partial charge in [0.15, 0.2) is 0 Å². The number of benzene rings is 1. The zero-order valence-corrected chi connectivity index (χ0v) is 12.8. The van der Waals surface area contributed by atoms with E-state index in [2.05, 4.69) is 4.98 Å². The van der Waals surface area contributed by atoms with Crippen molar-refractivity contribution in [2.75, 3.05) is 24.3 Å². The SMILES string of the molecule is CN(C1CCSC1)S(=O)(=O)c1c[nH]c2cc(N)ccc12. The van der Waals surface area contributed by atoms with E-state index in [-0.39, 0.29) is 6.04 Å². The fraction of sp³-hybridized carbons (Fsp3) is 0.385. The van der Waals surface area contributed by atoms with Gasteiger partial charge < -0.3 is 10.7 Å². The number of nitrogen functional groups attached to an aromatic ring is 1. The van der Waals surface area contributed by atoms with E-state index in [0.717, 1.165) is 23.4 Å². The van der Waals surface area contributed by atoms with Crippen LogP contribution in [0.5, 0.6) is 0 Å². The first-order valence-electron chi connectivity index (χ1n) is 6.42. The Morgan fingerprint density at radius 2 is 2.25 bits per heavy atom. The number of H-pyrrole nitrogens is 1. The highest BCUT2D eigenvalue weighted by Crippen LogP contribution is 2.30. The van der Waals surface area contributed by atoms with Crippen molar-refractivity contribution in [1.29, 1.82) is 0 Å². The van der Waals surface area contributed by atoms with Gasteiger partial charge in [0, 0.05) is 41.6 Å². The van der Waals surface area contributed by atoms with Crippen molar-refractivity contribution < 1.29 is 8.42 Å². The van der Waals surface area contributed by atoms with Gasteiger partial charge in [0.2, 0.25) is 10.0 Å². The maximum atomic E-state index is 12.7. The molecule has 1 atom stereocenters. The third kappa shape index (κ3) is 2.19. The van der Waals surface area contributed by atoms with Gasteiger partial charge in [-0.1, -0.05) is 0 Å². The van der Waals surface area contributed by atoms with E-state index in [4.69, 9.17) is 5.73 Å². The fourth-order valence-corrected chi connectivity index (χ4v) is 5.40. The number of sulfonamides is 1. The summed E-state index contributed by atoms with van der Waals surface area (Å²) in [4.78, 5) is 3.32. The molecule has 1 saturated heterocycles. The molecule has 5 nitrogen and oxygen atoms in total. The smallest absolute Gasteiger partial charge is 0.245 e. The van der Waals surface area contributed by atoms with Crippen LogP contribution in [0.25, 0.3) is 10.9 Å². The van der Waals surface area contributed by atoms with E-state index in [1.165, 1.54) is 4.31 Å². The summed E-state index contributed by atoms with van der Waals surface area (Å²) in [5.74, 6) is 1.89. The summed E-state index contributed by atoms with van der Waals surface area (Å²) < 4.78 is 27.0. The largest absolute Gasteiger partial charge is 0.399 e. The molecule has 0 aliphatic carbocycles. The van der Waals surface area contributed by atoms with Gasteiger partial charge in [0.25, 0.3) is 0 Å². The molecule has 0 amide bonds. The second-order valence-corrected chi connectivity index (χ2v) is 8.11. The Balaban J connectivity index is 2.04. The molecule has 2 aromatic rings. The van der Waals surface area contributed by atoms with Gasteiger partial charge in [-0.3, -0.25) is 0 Å². The Morgan fingerprint density at radius 1 is 1.45 bits per heavy atom. The first kappa shape index (κ1) is 13.8. The third-order valence-electron chi connectivity index (χ3n) is 3.74. The van der Waals surface area contributed by atoms with Gasteiger partial charge in [-0.05, 0) is 30.4 Å². The first-order chi connectivity index (χ1) is 9.50. The number of aromatic nitrogens is 1. The van der Waals surface area contributed by atoms with Crippen molar-refractivity contribution in [3.05, 3.63) is 24.4 Å². The molecule has 1 aromatic heterocycles. The standard InChI is InChI=1S/C13H17N3O2S2/c1-16(10-4-5-19-8-10)20(17,18)13-7-15-12-6-9(14)2-3-11(12)13/h2-3,6-7,10,15H,4-5,8,14H2,1H3. The molecule has 1 aromatic carbocycles. The van der Waals surface area contributed by atoms with Crippen molar-refractivity contribution in [1.82, 2.24) is 9.29 Å². The third-order valence-corrected chi connectivity index (χ3v) is 6.84. The summed E-state index contributed by atoms with van der Waals surface area (Å²) in [5, 5.41) is 0.691. The van der Waals surface area contributed by atoms with Gasteiger partial charge in [-0.15, -0.1) is 0 Å². The number of rotatable bonds is 3. The van der Waals surface area contributed by atoms with Crippen molar-refractivity contribution in [3.8, 4) is 0 Å². The fourth-order valence-electron chi connectivity index (χ4n) is 2.49. The zero-order valence-electron chi connectivity index (χ0n) is 11.2. The van der Waals surface area contributed by atoms with Gasteiger partial charge in [0.05, 0.1) is 0 Å². The predicted octanol–water partition coefficient (Wildman–Crippen LogP) is 1.88. The van der Waals surface area contributed by atoms with Crippen LogP contribution in [0, 0.1) is 0 Å². The van der Waals surface area contributed by atoms with Crippen molar-refractivity contribution in [2.45, 2.75) is 17.4 Å². The van der Waals surface area contributed by atoms with E-state index in [1.807, 2.05) is 0 Å². The average molecular weight is 311 g/mol. The number of thioether (sulfide) groups is 1. The van der Waals surface area contributed by atoms with Crippen LogP contribution in [0.2, 0.25) is 0 Å². The van der Waals surface area contributed by atoms with Gasteiger partial charge >= 0.3 is 0 Å². The number of anilines is 1. The van der Waals surface area contributed by atoms with E-state index in [0.29, 0.717) is 16.0 Å². The van der Waals surface area contributed by atoms with Crippen LogP contribution in [-0.2, 0) is 10.0 Å². The van der Waals surface area contributed by atoms with E-state index < -0.39 is 10.0 Å². The molecule has 3 N–H and O–H groups in total. The Kier molecular flexibility index (Phi) is 3.43. The van der Waals surface area contributed by atoms with Crippen molar-refractivity contribution >= 4 is 38.4 Å². The summed E-state index contributed by atoms with van der Waals surface area (Å²) in [5.41, 5.74) is 7.08. The Labute approximate surface area is 122 Å². The molecular formula is C13H17N3O2S2. The maximum Gasteiger partial charge on any atom is 0.245 e. The summed E-state index contributed by atoms with van der Waals surface area (Å²) in [6, 6.07) is 5.31. The molecule has 0 radical (unpaired) electrons. The number of fused-ring (bicyclic) bond motifs is 1. The Morgan fingerprint density at radius 3 is 2.95 bits per heavy atom. The lowest BCUT2D eigenvalue weighted by Crippen LogP contribution is -2.36. The van der Waals surface area contributed by atoms with Crippen LogP contribution >= 0.6 is 11.8 Å². The minimum Gasteiger partial charge on any atom is -0.399 e. The molecule has 1 aliphatic heterocycles. The lowest BCUT2D eigenvalue weighted by Gasteiger charge is -2.22. The van der Waals surface area contributed by atoms with Gasteiger partial charge in [0.1, 0.15) is 4.90 Å². The minimum absolute atomic E-state index is 0.0868. The monoisotopic (exact) mass is 311 g/mol. The highest BCUT2D eigenvalue weighted by molar-refractivity contribution is 7.99. The van der Waals surface area contributed by atoms with E-state index in [1.54, 1.807) is 43.2 Å². The van der Waals surface area contributed by atoms with Crippen LogP contribution in [-0.4, -0.2) is 42.3 Å². The molecule has 1 unspecified atom stereocenters. The lowest BCUT2D eigenvalue weighted by atomic mass is 10.2. The van der Waals surface area contributed by atoms with E-state index >= 15 is 0 Å². The number of hydrogen-bond donors (Lipinski definition) is 2. The van der Waals surface area contributed by atoms with E-state index in [9.17, 15) is 8.42 Å². The molecule has 20 heavy (non-hydrogen) atoms. The zero-order chi connectivity index (χ0) is 14.3. The summed E-state index contributed by atoms with van der Waals surface area (Å²) in [6.07, 6.45) is 2.47. The number of nitrogens with two attached hydrogens (primary N) is 1. The quantitative estimate of drug-likeness (QED) is 0.848. The Hall–Kier alpha value is -1.18. The van der Waals surface area contributed by atoms with Crippen LogP contribution in [0.1, 0.15) is 6.42 Å². The summed E-state index contributed by atoms with van der Waals surface area (Å²) >= 11 is 1.80. The maximum absolute atomic E-state index is 12.7. The average Bonchev–Trinajstić information content (AvgIpc) is 3.06.